The number of pyridine rings is 2. The molecule has 1 aromatic carbocycles. The van der Waals surface area contributed by atoms with Crippen molar-refractivity contribution >= 4 is 38.5 Å². The summed E-state index contributed by atoms with van der Waals surface area (Å²) >= 11 is 3.39. The summed E-state index contributed by atoms with van der Waals surface area (Å²) in [4.78, 5) is 29.2. The number of carbonyl (C=O) groups excluding carboxylic acids is 1. The number of hydrogen-bond donors (Lipinski definition) is 1. The van der Waals surface area contributed by atoms with E-state index in [1.807, 2.05) is 0 Å². The van der Waals surface area contributed by atoms with E-state index in [0.29, 0.717) is 22.5 Å². The van der Waals surface area contributed by atoms with Gasteiger partial charge in [-0.3, -0.25) is 9.36 Å². The van der Waals surface area contributed by atoms with Gasteiger partial charge in [0, 0.05) is 15.9 Å². The molecule has 0 saturated heterocycles. The Morgan fingerprint density at radius 1 is 1.24 bits per heavy atom. The normalized spacial score (nSPS) is 10.7. The number of nitrogen functional groups attached to an aromatic ring is 1. The highest BCUT2D eigenvalue weighted by Crippen LogP contribution is 2.28. The van der Waals surface area contributed by atoms with Gasteiger partial charge in [0.15, 0.2) is 0 Å². The number of methoxy groups -OCH3 is 2. The van der Waals surface area contributed by atoms with Gasteiger partial charge in [-0.05, 0) is 24.3 Å². The molecule has 0 atom stereocenters. The van der Waals surface area contributed by atoms with Gasteiger partial charge < -0.3 is 15.2 Å². The maximum atomic E-state index is 13.0. The number of anilines is 1. The summed E-state index contributed by atoms with van der Waals surface area (Å²) in [5.74, 6) is -0.381. The van der Waals surface area contributed by atoms with Crippen molar-refractivity contribution in [2.24, 2.45) is 0 Å². The SMILES string of the molecule is COC(=O)c1c(N)c2ccc(Br)cc2n(-c2ccc(OC)nc2)c1=O. The zero-order chi connectivity index (χ0) is 18.1. The summed E-state index contributed by atoms with van der Waals surface area (Å²) in [6.45, 7) is 0. The molecule has 7 nitrogen and oxygen atoms in total. The molecule has 0 aliphatic carbocycles. The van der Waals surface area contributed by atoms with Crippen molar-refractivity contribution in [2.45, 2.75) is 0 Å². The van der Waals surface area contributed by atoms with Crippen LogP contribution in [0, 0.1) is 0 Å². The van der Waals surface area contributed by atoms with E-state index in [0.717, 1.165) is 4.47 Å². The monoisotopic (exact) mass is 403 g/mol. The number of rotatable bonds is 3. The van der Waals surface area contributed by atoms with Crippen molar-refractivity contribution in [1.82, 2.24) is 9.55 Å². The van der Waals surface area contributed by atoms with Gasteiger partial charge in [-0.1, -0.05) is 15.9 Å². The average molecular weight is 404 g/mol. The van der Waals surface area contributed by atoms with E-state index in [-0.39, 0.29) is 11.3 Å². The van der Waals surface area contributed by atoms with Gasteiger partial charge in [-0.2, -0.15) is 0 Å². The fraction of sp³-hybridized carbons (Fsp3) is 0.118. The quantitative estimate of drug-likeness (QED) is 0.674. The van der Waals surface area contributed by atoms with E-state index < -0.39 is 11.5 Å². The molecule has 0 unspecified atom stereocenters. The van der Waals surface area contributed by atoms with Crippen LogP contribution in [0.5, 0.6) is 5.88 Å². The fourth-order valence-electron chi connectivity index (χ4n) is 2.57. The molecule has 2 N–H and O–H groups in total. The molecule has 0 aliphatic rings. The molecule has 0 fully saturated rings. The predicted octanol–water partition coefficient (Wildman–Crippen LogP) is 2.53. The van der Waals surface area contributed by atoms with Gasteiger partial charge in [-0.15, -0.1) is 0 Å². The fourth-order valence-corrected chi connectivity index (χ4v) is 2.92. The second-order valence-corrected chi connectivity index (χ2v) is 6.06. The zero-order valence-corrected chi connectivity index (χ0v) is 15.0. The number of benzene rings is 1. The molecule has 8 heteroatoms. The maximum Gasteiger partial charge on any atom is 0.345 e. The number of fused-ring (bicyclic) bond motifs is 1. The minimum atomic E-state index is -0.789. The van der Waals surface area contributed by atoms with E-state index in [2.05, 4.69) is 20.9 Å². The number of aromatic nitrogens is 2. The molecule has 0 bridgehead atoms. The van der Waals surface area contributed by atoms with Crippen LogP contribution in [0.3, 0.4) is 0 Å². The zero-order valence-electron chi connectivity index (χ0n) is 13.4. The summed E-state index contributed by atoms with van der Waals surface area (Å²) < 4.78 is 11.9. The Kier molecular flexibility index (Phi) is 4.45. The lowest BCUT2D eigenvalue weighted by Crippen LogP contribution is -2.28. The van der Waals surface area contributed by atoms with Crippen LogP contribution in [0.25, 0.3) is 16.6 Å². The van der Waals surface area contributed by atoms with Crippen molar-refractivity contribution in [2.75, 3.05) is 20.0 Å². The second-order valence-electron chi connectivity index (χ2n) is 5.14. The molecule has 0 radical (unpaired) electrons. The first-order valence-corrected chi connectivity index (χ1v) is 7.99. The smallest absolute Gasteiger partial charge is 0.345 e. The van der Waals surface area contributed by atoms with Crippen LogP contribution in [-0.4, -0.2) is 29.7 Å². The molecular weight excluding hydrogens is 390 g/mol. The van der Waals surface area contributed by atoms with E-state index in [1.165, 1.54) is 25.0 Å². The van der Waals surface area contributed by atoms with E-state index in [1.54, 1.807) is 30.3 Å². The number of nitrogens with zero attached hydrogens (tertiary/aromatic N) is 2. The van der Waals surface area contributed by atoms with Crippen LogP contribution in [0.15, 0.2) is 45.8 Å². The standard InChI is InChI=1S/C17H14BrN3O4/c1-24-13-6-4-10(8-20-13)21-12-7-9(18)3-5-11(12)15(19)14(16(21)22)17(23)25-2/h3-8H,19H2,1-2H3. The second kappa shape index (κ2) is 6.56. The lowest BCUT2D eigenvalue weighted by molar-refractivity contribution is 0.0600. The Hall–Kier alpha value is -2.87. The highest BCUT2D eigenvalue weighted by atomic mass is 79.9. The average Bonchev–Trinajstić information content (AvgIpc) is 2.62. The van der Waals surface area contributed by atoms with Gasteiger partial charge in [0.05, 0.1) is 37.3 Å². The maximum absolute atomic E-state index is 13.0. The Bertz CT molecular complexity index is 1030. The van der Waals surface area contributed by atoms with Crippen LogP contribution >= 0.6 is 15.9 Å². The Morgan fingerprint density at radius 2 is 2.00 bits per heavy atom. The third-order valence-corrected chi connectivity index (χ3v) is 4.25. The van der Waals surface area contributed by atoms with Crippen molar-refractivity contribution in [3.63, 3.8) is 0 Å². The molecule has 2 heterocycles. The van der Waals surface area contributed by atoms with Gasteiger partial charge in [-0.25, -0.2) is 9.78 Å². The molecule has 0 saturated carbocycles. The van der Waals surface area contributed by atoms with Crippen molar-refractivity contribution in [3.8, 4) is 11.6 Å². The van der Waals surface area contributed by atoms with Gasteiger partial charge in [0.1, 0.15) is 5.56 Å². The predicted molar refractivity (Wildman–Crippen MR) is 97.3 cm³/mol. The molecule has 0 aliphatic heterocycles. The van der Waals surface area contributed by atoms with Crippen LogP contribution in [0.2, 0.25) is 0 Å². The first-order chi connectivity index (χ1) is 12.0. The number of halogens is 1. The van der Waals surface area contributed by atoms with E-state index >= 15 is 0 Å². The number of hydrogen-bond acceptors (Lipinski definition) is 6. The molecule has 3 aromatic rings. The van der Waals surface area contributed by atoms with Crippen LogP contribution in [0.1, 0.15) is 10.4 Å². The first kappa shape index (κ1) is 17.0. The van der Waals surface area contributed by atoms with Gasteiger partial charge in [0.25, 0.3) is 5.56 Å². The largest absolute Gasteiger partial charge is 0.481 e. The Morgan fingerprint density at radius 3 is 2.60 bits per heavy atom. The van der Waals surface area contributed by atoms with E-state index in [4.69, 9.17) is 15.2 Å². The molecule has 128 valence electrons. The van der Waals surface area contributed by atoms with Crippen LogP contribution in [-0.2, 0) is 4.74 Å². The lowest BCUT2D eigenvalue weighted by atomic mass is 10.1. The topological polar surface area (TPSA) is 96.4 Å². The highest BCUT2D eigenvalue weighted by molar-refractivity contribution is 9.10. The van der Waals surface area contributed by atoms with Crippen molar-refractivity contribution < 1.29 is 14.3 Å². The number of nitrogens with two attached hydrogens (primary N) is 1. The minimum absolute atomic E-state index is 0.0806. The van der Waals surface area contributed by atoms with E-state index in [9.17, 15) is 9.59 Å². The summed E-state index contributed by atoms with van der Waals surface area (Å²) in [5.41, 5.74) is 6.37. The third-order valence-electron chi connectivity index (χ3n) is 3.75. The van der Waals surface area contributed by atoms with Gasteiger partial charge >= 0.3 is 5.97 Å². The van der Waals surface area contributed by atoms with Crippen molar-refractivity contribution in [3.05, 3.63) is 56.9 Å². The summed E-state index contributed by atoms with van der Waals surface area (Å²) in [7, 11) is 2.70. The highest BCUT2D eigenvalue weighted by Gasteiger charge is 2.22. The lowest BCUT2D eigenvalue weighted by Gasteiger charge is -2.15. The minimum Gasteiger partial charge on any atom is -0.481 e. The molecule has 0 amide bonds. The molecule has 25 heavy (non-hydrogen) atoms. The Labute approximate surface area is 151 Å². The third kappa shape index (κ3) is 2.85. The Balaban J connectivity index is 2.44. The number of esters is 1. The number of ether oxygens (including phenoxy) is 2. The summed E-state index contributed by atoms with van der Waals surface area (Å²) in [6.07, 6.45) is 1.48. The molecule has 0 spiro atoms. The van der Waals surface area contributed by atoms with Gasteiger partial charge in [0.2, 0.25) is 5.88 Å². The van der Waals surface area contributed by atoms with Crippen molar-refractivity contribution in [1.29, 1.82) is 0 Å². The van der Waals surface area contributed by atoms with Crippen LogP contribution < -0.4 is 16.0 Å². The van der Waals surface area contributed by atoms with Crippen LogP contribution in [0.4, 0.5) is 5.69 Å². The summed E-state index contributed by atoms with van der Waals surface area (Å²) in [5, 5.41) is 0.555. The number of carbonyl (C=O) groups is 1. The first-order valence-electron chi connectivity index (χ1n) is 7.20. The molecular formula is C17H14BrN3O4. The summed E-state index contributed by atoms with van der Waals surface area (Å²) in [6, 6.07) is 8.55. The molecule has 3 rings (SSSR count). The molecule has 2 aromatic heterocycles.